The second-order valence-electron chi connectivity index (χ2n) is 7.21. The molecule has 156 valence electrons. The van der Waals surface area contributed by atoms with E-state index in [1.165, 1.54) is 12.1 Å². The van der Waals surface area contributed by atoms with Gasteiger partial charge in [-0.3, -0.25) is 9.59 Å². The highest BCUT2D eigenvalue weighted by molar-refractivity contribution is 6.45. The van der Waals surface area contributed by atoms with E-state index in [1.807, 2.05) is 0 Å². The van der Waals surface area contributed by atoms with Gasteiger partial charge in [-0.15, -0.1) is 0 Å². The summed E-state index contributed by atoms with van der Waals surface area (Å²) in [5.74, 6) is -2.67. The van der Waals surface area contributed by atoms with E-state index in [1.54, 1.807) is 24.3 Å². The fraction of sp³-hybridized carbons (Fsp3) is 0.238. The zero-order chi connectivity index (χ0) is 21.6. The lowest BCUT2D eigenvalue weighted by Crippen LogP contribution is -2.34. The van der Waals surface area contributed by atoms with Crippen molar-refractivity contribution in [1.29, 1.82) is 0 Å². The van der Waals surface area contributed by atoms with Crippen LogP contribution in [0.1, 0.15) is 34.5 Å². The number of hydrogen-bond acceptors (Lipinski definition) is 3. The normalized spacial score (nSPS) is 14.1. The van der Waals surface area contributed by atoms with Crippen LogP contribution >= 0.6 is 11.6 Å². The van der Waals surface area contributed by atoms with Crippen molar-refractivity contribution >= 4 is 34.2 Å². The molecule has 0 bridgehead atoms. The van der Waals surface area contributed by atoms with Gasteiger partial charge in [-0.25, -0.2) is 0 Å². The number of amides is 1. The summed E-state index contributed by atoms with van der Waals surface area (Å²) in [6.45, 7) is -0.204. The second kappa shape index (κ2) is 7.36. The molecule has 1 aromatic heterocycles. The van der Waals surface area contributed by atoms with E-state index >= 15 is 0 Å². The molecule has 1 aliphatic rings. The summed E-state index contributed by atoms with van der Waals surface area (Å²) in [4.78, 5) is 25.1. The number of carbonyl (C=O) groups excluding carboxylic acids is 2. The number of ketones is 1. The smallest absolute Gasteiger partial charge is 0.432 e. The fourth-order valence-electron chi connectivity index (χ4n) is 3.40. The van der Waals surface area contributed by atoms with Crippen molar-refractivity contribution in [1.82, 2.24) is 9.88 Å². The van der Waals surface area contributed by atoms with E-state index in [0.717, 1.165) is 10.6 Å². The third kappa shape index (κ3) is 3.87. The number of aromatic hydroxyl groups is 1. The monoisotopic (exact) mass is 436 g/mol. The molecule has 2 aromatic carbocycles. The minimum atomic E-state index is -4.91. The average molecular weight is 437 g/mol. The quantitative estimate of drug-likeness (QED) is 0.456. The van der Waals surface area contributed by atoms with Crippen molar-refractivity contribution in [2.24, 2.45) is 0 Å². The van der Waals surface area contributed by atoms with Crippen LogP contribution in [-0.4, -0.2) is 27.4 Å². The standard InChI is InChI=1S/C21H16ClF3N2O3/c22-12-3-1-11(2-4-12)10-27-16-8-7-14(28)9-15(16)17(19(27)21(23,24)25)18(29)20(30)26-13-5-6-13/h1-4,7-9,13,28H,5-6,10H2,(H,26,30). The largest absolute Gasteiger partial charge is 0.508 e. The van der Waals surface area contributed by atoms with E-state index in [2.05, 4.69) is 5.32 Å². The predicted octanol–water partition coefficient (Wildman–Crippen LogP) is 4.53. The van der Waals surface area contributed by atoms with E-state index in [9.17, 15) is 27.9 Å². The topological polar surface area (TPSA) is 71.3 Å². The number of phenols is 1. The molecular weight excluding hydrogens is 421 g/mol. The van der Waals surface area contributed by atoms with E-state index in [4.69, 9.17) is 11.6 Å². The zero-order valence-electron chi connectivity index (χ0n) is 15.5. The van der Waals surface area contributed by atoms with Gasteiger partial charge in [-0.05, 0) is 48.7 Å². The van der Waals surface area contributed by atoms with Crippen molar-refractivity contribution in [3.05, 3.63) is 64.3 Å². The molecule has 0 aliphatic heterocycles. The third-order valence-electron chi connectivity index (χ3n) is 4.92. The molecule has 3 aromatic rings. The molecule has 0 spiro atoms. The molecule has 9 heteroatoms. The van der Waals surface area contributed by atoms with Crippen LogP contribution in [0.2, 0.25) is 5.02 Å². The van der Waals surface area contributed by atoms with Crippen LogP contribution in [0.3, 0.4) is 0 Å². The van der Waals surface area contributed by atoms with Gasteiger partial charge in [0.05, 0.1) is 5.56 Å². The number of fused-ring (bicyclic) bond motifs is 1. The Kier molecular flexibility index (Phi) is 4.97. The Balaban J connectivity index is 1.92. The van der Waals surface area contributed by atoms with E-state index in [-0.39, 0.29) is 29.2 Å². The number of alkyl halides is 3. The highest BCUT2D eigenvalue weighted by Gasteiger charge is 2.43. The summed E-state index contributed by atoms with van der Waals surface area (Å²) in [5.41, 5.74) is -1.39. The Hall–Kier alpha value is -3.00. The summed E-state index contributed by atoms with van der Waals surface area (Å²) in [6.07, 6.45) is -3.54. The molecule has 1 aliphatic carbocycles. The fourth-order valence-corrected chi connectivity index (χ4v) is 3.52. The molecule has 1 fully saturated rings. The molecule has 0 saturated heterocycles. The molecule has 0 atom stereocenters. The number of nitrogens with zero attached hydrogens (tertiary/aromatic N) is 1. The van der Waals surface area contributed by atoms with Gasteiger partial charge >= 0.3 is 6.18 Å². The van der Waals surface area contributed by atoms with Crippen molar-refractivity contribution in [2.45, 2.75) is 31.6 Å². The number of nitrogens with one attached hydrogen (secondary N) is 1. The summed E-state index contributed by atoms with van der Waals surface area (Å²) in [7, 11) is 0. The molecule has 5 nitrogen and oxygen atoms in total. The van der Waals surface area contributed by atoms with Gasteiger partial charge in [0.15, 0.2) is 0 Å². The van der Waals surface area contributed by atoms with Crippen LogP contribution < -0.4 is 5.32 Å². The maximum atomic E-state index is 14.1. The minimum absolute atomic E-state index is 0.0812. The van der Waals surface area contributed by atoms with Crippen LogP contribution in [0.15, 0.2) is 42.5 Å². The van der Waals surface area contributed by atoms with Gasteiger partial charge < -0.3 is 15.0 Å². The maximum Gasteiger partial charge on any atom is 0.432 e. The SMILES string of the molecule is O=C(NC1CC1)C(=O)c1c(C(F)(F)F)n(Cc2ccc(Cl)cc2)c2ccc(O)cc12. The Bertz CT molecular complexity index is 1150. The molecular formula is C21H16ClF3N2O3. The first-order valence-corrected chi connectivity index (χ1v) is 9.55. The highest BCUT2D eigenvalue weighted by atomic mass is 35.5. The molecule has 1 amide bonds. The lowest BCUT2D eigenvalue weighted by atomic mass is 10.0. The molecule has 0 unspecified atom stereocenters. The number of Topliss-reactive ketones (excluding diaryl/α,β-unsaturated/α-hetero) is 1. The molecule has 2 N–H and O–H groups in total. The molecule has 1 heterocycles. The first-order chi connectivity index (χ1) is 14.1. The van der Waals surface area contributed by atoms with Crippen LogP contribution in [0.4, 0.5) is 13.2 Å². The van der Waals surface area contributed by atoms with Crippen molar-refractivity contribution in [3.63, 3.8) is 0 Å². The van der Waals surface area contributed by atoms with Gasteiger partial charge in [0.2, 0.25) is 0 Å². The number of halogens is 4. The molecule has 30 heavy (non-hydrogen) atoms. The van der Waals surface area contributed by atoms with Crippen molar-refractivity contribution in [2.75, 3.05) is 0 Å². The lowest BCUT2D eigenvalue weighted by Gasteiger charge is -2.15. The van der Waals surface area contributed by atoms with Gasteiger partial charge in [0.25, 0.3) is 11.7 Å². The van der Waals surface area contributed by atoms with Crippen LogP contribution in [0, 0.1) is 0 Å². The summed E-state index contributed by atoms with van der Waals surface area (Å²) >= 11 is 5.85. The van der Waals surface area contributed by atoms with Crippen molar-refractivity contribution in [3.8, 4) is 5.75 Å². The maximum absolute atomic E-state index is 14.1. The third-order valence-corrected chi connectivity index (χ3v) is 5.17. The van der Waals surface area contributed by atoms with Crippen molar-refractivity contribution < 1.29 is 27.9 Å². The first kappa shape index (κ1) is 20.3. The van der Waals surface area contributed by atoms with E-state index < -0.39 is 29.1 Å². The van der Waals surface area contributed by atoms with E-state index in [0.29, 0.717) is 23.4 Å². The van der Waals surface area contributed by atoms with Gasteiger partial charge in [-0.2, -0.15) is 13.2 Å². The van der Waals surface area contributed by atoms with Crippen LogP contribution in [0.5, 0.6) is 5.75 Å². The number of carbonyl (C=O) groups is 2. The summed E-state index contributed by atoms with van der Waals surface area (Å²) in [6, 6.07) is 9.68. The summed E-state index contributed by atoms with van der Waals surface area (Å²) < 4.78 is 43.3. The Morgan fingerprint density at radius 3 is 2.40 bits per heavy atom. The Labute approximate surface area is 174 Å². The zero-order valence-corrected chi connectivity index (χ0v) is 16.2. The molecule has 4 rings (SSSR count). The minimum Gasteiger partial charge on any atom is -0.508 e. The Morgan fingerprint density at radius 2 is 1.80 bits per heavy atom. The number of rotatable bonds is 5. The lowest BCUT2D eigenvalue weighted by molar-refractivity contribution is -0.143. The summed E-state index contributed by atoms with van der Waals surface area (Å²) in [5, 5.41) is 12.6. The second-order valence-corrected chi connectivity index (χ2v) is 7.65. The highest BCUT2D eigenvalue weighted by Crippen LogP contribution is 2.40. The number of benzene rings is 2. The first-order valence-electron chi connectivity index (χ1n) is 9.17. The van der Waals surface area contributed by atoms with Gasteiger partial charge in [0, 0.05) is 28.5 Å². The van der Waals surface area contributed by atoms with Gasteiger partial charge in [0.1, 0.15) is 11.4 Å². The average Bonchev–Trinajstić information content (AvgIpc) is 3.43. The predicted molar refractivity (Wildman–Crippen MR) is 105 cm³/mol. The molecule has 0 radical (unpaired) electrons. The number of aromatic nitrogens is 1. The van der Waals surface area contributed by atoms with Crippen LogP contribution in [-0.2, 0) is 17.5 Å². The molecule has 1 saturated carbocycles. The van der Waals surface area contributed by atoms with Crippen LogP contribution in [0.25, 0.3) is 10.9 Å². The van der Waals surface area contributed by atoms with Gasteiger partial charge in [-0.1, -0.05) is 23.7 Å². The number of hydrogen-bond donors (Lipinski definition) is 2. The Morgan fingerprint density at radius 1 is 1.13 bits per heavy atom. The number of phenolic OH excluding ortho intramolecular Hbond substituents is 1.